The van der Waals surface area contributed by atoms with Gasteiger partial charge in [-0.2, -0.15) is 0 Å². The summed E-state index contributed by atoms with van der Waals surface area (Å²) in [7, 11) is 1.71. The van der Waals surface area contributed by atoms with E-state index in [0.29, 0.717) is 28.2 Å². The highest BCUT2D eigenvalue weighted by molar-refractivity contribution is 7.17. The summed E-state index contributed by atoms with van der Waals surface area (Å²) in [5.74, 6) is 1.16. The molecule has 0 atom stereocenters. The SMILES string of the molecule is COc1ccccc1N1CCN(CCCNC(=O)c2csc3c(=O)cc(-c4ccccc4)oc23)CC1. The predicted molar refractivity (Wildman–Crippen MR) is 144 cm³/mol. The van der Waals surface area contributed by atoms with Gasteiger partial charge in [0.25, 0.3) is 5.91 Å². The Hall–Kier alpha value is -3.62. The predicted octanol–water partition coefficient (Wildman–Crippen LogP) is 4.47. The molecule has 1 aliphatic rings. The third kappa shape index (κ3) is 5.15. The number of para-hydroxylation sites is 2. The third-order valence-electron chi connectivity index (χ3n) is 6.48. The van der Waals surface area contributed by atoms with Gasteiger partial charge in [0, 0.05) is 49.7 Å². The molecule has 4 aromatic rings. The number of hydrogen-bond acceptors (Lipinski definition) is 7. The average Bonchev–Trinajstić information content (AvgIpc) is 3.37. The number of methoxy groups -OCH3 is 1. The Balaban J connectivity index is 1.14. The minimum Gasteiger partial charge on any atom is -0.495 e. The Kier molecular flexibility index (Phi) is 7.34. The molecule has 1 N–H and O–H groups in total. The molecule has 8 heteroatoms. The Labute approximate surface area is 213 Å². The summed E-state index contributed by atoms with van der Waals surface area (Å²) in [6, 6.07) is 19.1. The highest BCUT2D eigenvalue weighted by atomic mass is 32.1. The van der Waals surface area contributed by atoms with E-state index in [2.05, 4.69) is 21.2 Å². The highest BCUT2D eigenvalue weighted by Crippen LogP contribution is 2.29. The summed E-state index contributed by atoms with van der Waals surface area (Å²) >= 11 is 1.25. The van der Waals surface area contributed by atoms with Crippen LogP contribution < -0.4 is 20.4 Å². The lowest BCUT2D eigenvalue weighted by molar-refractivity contribution is 0.0952. The molecule has 3 heterocycles. The molecule has 1 aliphatic heterocycles. The van der Waals surface area contributed by atoms with Gasteiger partial charge in [0.05, 0.1) is 18.4 Å². The van der Waals surface area contributed by atoms with E-state index in [9.17, 15) is 9.59 Å². The van der Waals surface area contributed by atoms with E-state index in [1.807, 2.05) is 48.5 Å². The number of piperazine rings is 1. The second kappa shape index (κ2) is 11.0. The average molecular weight is 504 g/mol. The van der Waals surface area contributed by atoms with Crippen LogP contribution in [0.2, 0.25) is 0 Å². The zero-order valence-electron chi connectivity index (χ0n) is 20.2. The summed E-state index contributed by atoms with van der Waals surface area (Å²) in [6.45, 7) is 5.29. The molecule has 1 saturated heterocycles. The fourth-order valence-corrected chi connectivity index (χ4v) is 5.43. The molecule has 0 bridgehead atoms. The van der Waals surface area contributed by atoms with Crippen LogP contribution in [0.25, 0.3) is 21.6 Å². The molecule has 1 fully saturated rings. The van der Waals surface area contributed by atoms with E-state index in [0.717, 1.165) is 56.1 Å². The molecule has 5 rings (SSSR count). The van der Waals surface area contributed by atoms with E-state index >= 15 is 0 Å². The van der Waals surface area contributed by atoms with Crippen LogP contribution in [0.4, 0.5) is 5.69 Å². The fraction of sp³-hybridized carbons (Fsp3) is 0.286. The van der Waals surface area contributed by atoms with Crippen LogP contribution in [0.5, 0.6) is 5.75 Å². The van der Waals surface area contributed by atoms with Gasteiger partial charge in [-0.3, -0.25) is 14.5 Å². The van der Waals surface area contributed by atoms with Crippen molar-refractivity contribution in [1.82, 2.24) is 10.2 Å². The van der Waals surface area contributed by atoms with Crippen molar-refractivity contribution < 1.29 is 13.9 Å². The number of rotatable bonds is 8. The van der Waals surface area contributed by atoms with Gasteiger partial charge in [0.15, 0.2) is 5.58 Å². The summed E-state index contributed by atoms with van der Waals surface area (Å²) in [5, 5.41) is 4.70. The number of carbonyl (C=O) groups excluding carboxylic acids is 1. The van der Waals surface area contributed by atoms with Crippen molar-refractivity contribution in [2.45, 2.75) is 6.42 Å². The second-order valence-electron chi connectivity index (χ2n) is 8.76. The van der Waals surface area contributed by atoms with Gasteiger partial charge in [0.2, 0.25) is 5.43 Å². The molecule has 186 valence electrons. The van der Waals surface area contributed by atoms with Crippen molar-refractivity contribution >= 4 is 33.2 Å². The minimum atomic E-state index is -0.212. The zero-order chi connectivity index (χ0) is 24.9. The van der Waals surface area contributed by atoms with Crippen LogP contribution in [0.15, 0.2) is 75.3 Å². The molecule has 0 radical (unpaired) electrons. The highest BCUT2D eigenvalue weighted by Gasteiger charge is 2.20. The van der Waals surface area contributed by atoms with Gasteiger partial charge in [0.1, 0.15) is 16.2 Å². The molecule has 0 saturated carbocycles. The lowest BCUT2D eigenvalue weighted by atomic mass is 10.1. The molecule has 0 aliphatic carbocycles. The Morgan fingerprint density at radius 1 is 1.06 bits per heavy atom. The van der Waals surface area contributed by atoms with E-state index in [4.69, 9.17) is 9.15 Å². The Bertz CT molecular complexity index is 1390. The van der Waals surface area contributed by atoms with Gasteiger partial charge in [-0.05, 0) is 25.1 Å². The molecule has 0 unspecified atom stereocenters. The van der Waals surface area contributed by atoms with Gasteiger partial charge < -0.3 is 19.4 Å². The standard InChI is InChI=1S/C28H29N3O4S/c1-34-24-11-6-5-10-22(24)31-16-14-30(15-17-31)13-7-12-29-28(33)21-19-36-27-23(32)18-25(35-26(21)27)20-8-3-2-4-9-20/h2-6,8-11,18-19H,7,12-17H2,1H3,(H,29,33). The number of hydrogen-bond donors (Lipinski definition) is 1. The smallest absolute Gasteiger partial charge is 0.255 e. The Morgan fingerprint density at radius 2 is 1.81 bits per heavy atom. The number of anilines is 1. The zero-order valence-corrected chi connectivity index (χ0v) is 21.1. The van der Waals surface area contributed by atoms with Crippen molar-refractivity contribution in [1.29, 1.82) is 0 Å². The van der Waals surface area contributed by atoms with Crippen molar-refractivity contribution in [3.8, 4) is 17.1 Å². The summed E-state index contributed by atoms with van der Waals surface area (Å²) in [5.41, 5.74) is 2.58. The van der Waals surface area contributed by atoms with Crippen LogP contribution in [-0.4, -0.2) is 57.2 Å². The van der Waals surface area contributed by atoms with Crippen molar-refractivity contribution in [3.63, 3.8) is 0 Å². The van der Waals surface area contributed by atoms with Crippen LogP contribution in [0.1, 0.15) is 16.8 Å². The molecule has 36 heavy (non-hydrogen) atoms. The van der Waals surface area contributed by atoms with Crippen LogP contribution in [0, 0.1) is 0 Å². The maximum Gasteiger partial charge on any atom is 0.255 e. The number of ether oxygens (including phenoxy) is 1. The number of nitrogens with one attached hydrogen (secondary N) is 1. The van der Waals surface area contributed by atoms with Crippen molar-refractivity contribution in [3.05, 3.63) is 81.8 Å². The first-order valence-electron chi connectivity index (χ1n) is 12.1. The molecule has 2 aromatic carbocycles. The Morgan fingerprint density at radius 3 is 2.58 bits per heavy atom. The van der Waals surface area contributed by atoms with E-state index in [1.54, 1.807) is 12.5 Å². The minimum absolute atomic E-state index is 0.133. The van der Waals surface area contributed by atoms with Gasteiger partial charge in [-0.15, -0.1) is 11.3 Å². The fourth-order valence-electron chi connectivity index (χ4n) is 4.55. The molecule has 7 nitrogen and oxygen atoms in total. The summed E-state index contributed by atoms with van der Waals surface area (Å²) < 4.78 is 12.0. The molecular weight excluding hydrogens is 474 g/mol. The third-order valence-corrected chi connectivity index (χ3v) is 7.46. The number of fused-ring (bicyclic) bond motifs is 1. The number of thiophene rings is 1. The van der Waals surface area contributed by atoms with Crippen LogP contribution >= 0.6 is 11.3 Å². The van der Waals surface area contributed by atoms with Crippen molar-refractivity contribution in [2.75, 3.05) is 51.3 Å². The molecular formula is C28H29N3O4S. The molecule has 1 amide bonds. The first-order chi connectivity index (χ1) is 17.6. The van der Waals surface area contributed by atoms with Crippen molar-refractivity contribution in [2.24, 2.45) is 0 Å². The summed E-state index contributed by atoms with van der Waals surface area (Å²) in [6.07, 6.45) is 0.849. The molecule has 2 aromatic heterocycles. The number of carbonyl (C=O) groups is 1. The van der Waals surface area contributed by atoms with Gasteiger partial charge in [-0.25, -0.2) is 0 Å². The second-order valence-corrected chi connectivity index (χ2v) is 9.64. The van der Waals surface area contributed by atoms with Crippen LogP contribution in [-0.2, 0) is 0 Å². The lowest BCUT2D eigenvalue weighted by Crippen LogP contribution is -2.47. The molecule has 0 spiro atoms. The van der Waals surface area contributed by atoms with E-state index in [1.165, 1.54) is 17.4 Å². The maximum absolute atomic E-state index is 12.9. The quantitative estimate of drug-likeness (QED) is 0.358. The first-order valence-corrected chi connectivity index (χ1v) is 13.0. The summed E-state index contributed by atoms with van der Waals surface area (Å²) in [4.78, 5) is 30.3. The number of amides is 1. The van der Waals surface area contributed by atoms with Gasteiger partial charge in [-0.1, -0.05) is 42.5 Å². The normalized spacial score (nSPS) is 14.2. The number of benzene rings is 2. The van der Waals surface area contributed by atoms with Crippen LogP contribution in [0.3, 0.4) is 0 Å². The maximum atomic E-state index is 12.9. The van der Waals surface area contributed by atoms with E-state index < -0.39 is 0 Å². The monoisotopic (exact) mass is 503 g/mol. The topological polar surface area (TPSA) is 75.0 Å². The number of nitrogens with zero attached hydrogens (tertiary/aromatic N) is 2. The first kappa shape index (κ1) is 24.1. The largest absolute Gasteiger partial charge is 0.495 e. The lowest BCUT2D eigenvalue weighted by Gasteiger charge is -2.36. The van der Waals surface area contributed by atoms with E-state index in [-0.39, 0.29) is 11.3 Å². The van der Waals surface area contributed by atoms with Gasteiger partial charge >= 0.3 is 0 Å².